The second-order valence-electron chi connectivity index (χ2n) is 3.15. The van der Waals surface area contributed by atoms with Crippen LogP contribution in [0.3, 0.4) is 0 Å². The molecule has 0 aliphatic heterocycles. The van der Waals surface area contributed by atoms with E-state index in [4.69, 9.17) is 0 Å². The van der Waals surface area contributed by atoms with Crippen LogP contribution in [0.1, 0.15) is 13.8 Å². The lowest BCUT2D eigenvalue weighted by atomic mass is 10.3. The summed E-state index contributed by atoms with van der Waals surface area (Å²) in [6.07, 6.45) is 0. The van der Waals surface area contributed by atoms with E-state index >= 15 is 0 Å². The zero-order chi connectivity index (χ0) is 10.3. The molecular weight excluding hydrogens is 166 g/mol. The van der Waals surface area contributed by atoms with E-state index < -0.39 is 0 Å². The van der Waals surface area contributed by atoms with Crippen molar-refractivity contribution in [1.29, 1.82) is 0 Å². The molecule has 0 fully saturated rings. The third-order valence-corrected chi connectivity index (χ3v) is 2.11. The average Bonchev–Trinajstić information content (AvgIpc) is 2.13. The van der Waals surface area contributed by atoms with Crippen molar-refractivity contribution >= 4 is 5.91 Å². The molecule has 78 valence electrons. The van der Waals surface area contributed by atoms with Crippen LogP contribution in [0.15, 0.2) is 0 Å². The first-order valence-electron chi connectivity index (χ1n) is 4.76. The van der Waals surface area contributed by atoms with Gasteiger partial charge in [0, 0.05) is 19.6 Å². The maximum absolute atomic E-state index is 11.4. The standard InChI is InChI=1S/C9H21N3O/c1-5-11-9(13)8(2)12(4)7-6-10-3/h8,10H,5-7H2,1-4H3,(H,11,13). The summed E-state index contributed by atoms with van der Waals surface area (Å²) in [5, 5.41) is 5.85. The number of nitrogens with one attached hydrogen (secondary N) is 2. The zero-order valence-electron chi connectivity index (χ0n) is 9.05. The lowest BCUT2D eigenvalue weighted by Gasteiger charge is -2.23. The Labute approximate surface area is 80.7 Å². The van der Waals surface area contributed by atoms with Crippen molar-refractivity contribution in [3.8, 4) is 0 Å². The van der Waals surface area contributed by atoms with Crippen molar-refractivity contribution in [2.24, 2.45) is 0 Å². The summed E-state index contributed by atoms with van der Waals surface area (Å²) < 4.78 is 0. The molecule has 13 heavy (non-hydrogen) atoms. The van der Waals surface area contributed by atoms with Gasteiger partial charge in [0.15, 0.2) is 0 Å². The summed E-state index contributed by atoms with van der Waals surface area (Å²) >= 11 is 0. The third kappa shape index (κ3) is 4.85. The van der Waals surface area contributed by atoms with Gasteiger partial charge in [0.05, 0.1) is 6.04 Å². The Hall–Kier alpha value is -0.610. The molecule has 0 saturated heterocycles. The second-order valence-corrected chi connectivity index (χ2v) is 3.15. The molecule has 0 aromatic carbocycles. The van der Waals surface area contributed by atoms with Crippen LogP contribution in [0, 0.1) is 0 Å². The smallest absolute Gasteiger partial charge is 0.237 e. The van der Waals surface area contributed by atoms with Gasteiger partial charge in [-0.3, -0.25) is 9.69 Å². The number of rotatable bonds is 6. The van der Waals surface area contributed by atoms with Crippen molar-refractivity contribution < 1.29 is 4.79 Å². The van der Waals surface area contributed by atoms with Gasteiger partial charge < -0.3 is 10.6 Å². The van der Waals surface area contributed by atoms with Crippen LogP contribution in [0.2, 0.25) is 0 Å². The molecule has 2 N–H and O–H groups in total. The monoisotopic (exact) mass is 187 g/mol. The molecule has 0 heterocycles. The highest BCUT2D eigenvalue weighted by Gasteiger charge is 2.15. The van der Waals surface area contributed by atoms with Gasteiger partial charge in [-0.15, -0.1) is 0 Å². The van der Waals surface area contributed by atoms with Crippen molar-refractivity contribution in [1.82, 2.24) is 15.5 Å². The van der Waals surface area contributed by atoms with Crippen LogP contribution in [0.4, 0.5) is 0 Å². The highest BCUT2D eigenvalue weighted by Crippen LogP contribution is 1.93. The number of amides is 1. The van der Waals surface area contributed by atoms with Gasteiger partial charge in [-0.1, -0.05) is 0 Å². The van der Waals surface area contributed by atoms with Gasteiger partial charge >= 0.3 is 0 Å². The predicted molar refractivity (Wildman–Crippen MR) is 54.7 cm³/mol. The van der Waals surface area contributed by atoms with E-state index in [-0.39, 0.29) is 11.9 Å². The molecule has 0 aliphatic rings. The molecule has 4 nitrogen and oxygen atoms in total. The molecule has 1 amide bonds. The second kappa shape index (κ2) is 6.86. The van der Waals surface area contributed by atoms with Crippen LogP contribution >= 0.6 is 0 Å². The summed E-state index contributed by atoms with van der Waals surface area (Å²) in [5.74, 6) is 0.0982. The van der Waals surface area contributed by atoms with E-state index in [1.165, 1.54) is 0 Å². The minimum absolute atomic E-state index is 0.0479. The molecule has 0 bridgehead atoms. The van der Waals surface area contributed by atoms with E-state index in [1.807, 2.05) is 32.8 Å². The molecule has 0 aliphatic carbocycles. The van der Waals surface area contributed by atoms with Crippen molar-refractivity contribution in [2.45, 2.75) is 19.9 Å². The fourth-order valence-corrected chi connectivity index (χ4v) is 1.00. The van der Waals surface area contributed by atoms with Gasteiger partial charge in [0.1, 0.15) is 0 Å². The zero-order valence-corrected chi connectivity index (χ0v) is 9.05. The number of carbonyl (C=O) groups excluding carboxylic acids is 1. The van der Waals surface area contributed by atoms with Crippen LogP contribution < -0.4 is 10.6 Å². The topological polar surface area (TPSA) is 44.4 Å². The van der Waals surface area contributed by atoms with Gasteiger partial charge in [0.25, 0.3) is 0 Å². The van der Waals surface area contributed by atoms with Crippen LogP contribution in [0.25, 0.3) is 0 Å². The van der Waals surface area contributed by atoms with Crippen molar-refractivity contribution in [2.75, 3.05) is 33.7 Å². The number of hydrogen-bond donors (Lipinski definition) is 2. The quantitative estimate of drug-likeness (QED) is 0.598. The van der Waals surface area contributed by atoms with Crippen molar-refractivity contribution in [3.05, 3.63) is 0 Å². The number of nitrogens with zero attached hydrogens (tertiary/aromatic N) is 1. The molecule has 1 atom stereocenters. The summed E-state index contributed by atoms with van der Waals surface area (Å²) in [6.45, 7) is 6.33. The SMILES string of the molecule is CCNC(=O)C(C)N(C)CCNC. The lowest BCUT2D eigenvalue weighted by molar-refractivity contribution is -0.125. The van der Waals surface area contributed by atoms with Crippen LogP contribution in [-0.2, 0) is 4.79 Å². The number of hydrogen-bond acceptors (Lipinski definition) is 3. The van der Waals surface area contributed by atoms with E-state index in [1.54, 1.807) is 0 Å². The minimum Gasteiger partial charge on any atom is -0.355 e. The first-order valence-corrected chi connectivity index (χ1v) is 4.76. The maximum Gasteiger partial charge on any atom is 0.237 e. The number of carbonyl (C=O) groups is 1. The van der Waals surface area contributed by atoms with E-state index in [0.29, 0.717) is 6.54 Å². The molecule has 0 rings (SSSR count). The van der Waals surface area contributed by atoms with Gasteiger partial charge in [-0.2, -0.15) is 0 Å². The molecule has 0 spiro atoms. The summed E-state index contributed by atoms with van der Waals surface area (Å²) in [7, 11) is 3.86. The molecule has 4 heteroatoms. The first-order chi connectivity index (χ1) is 6.13. The Morgan fingerprint density at radius 3 is 2.62 bits per heavy atom. The lowest BCUT2D eigenvalue weighted by Crippen LogP contribution is -2.45. The van der Waals surface area contributed by atoms with E-state index in [2.05, 4.69) is 10.6 Å². The average molecular weight is 187 g/mol. The molecular formula is C9H21N3O. The maximum atomic E-state index is 11.4. The van der Waals surface area contributed by atoms with Crippen LogP contribution in [0.5, 0.6) is 0 Å². The number of likely N-dealkylation sites (N-methyl/N-ethyl adjacent to an activating group) is 3. The molecule has 1 unspecified atom stereocenters. The largest absolute Gasteiger partial charge is 0.355 e. The van der Waals surface area contributed by atoms with Gasteiger partial charge in [0.2, 0.25) is 5.91 Å². The first kappa shape index (κ1) is 12.4. The highest BCUT2D eigenvalue weighted by atomic mass is 16.2. The van der Waals surface area contributed by atoms with E-state index in [0.717, 1.165) is 13.1 Å². The molecule has 0 aromatic rings. The van der Waals surface area contributed by atoms with Crippen molar-refractivity contribution in [3.63, 3.8) is 0 Å². The Bertz CT molecular complexity index is 150. The molecule has 0 saturated carbocycles. The third-order valence-electron chi connectivity index (χ3n) is 2.11. The highest BCUT2D eigenvalue weighted by molar-refractivity contribution is 5.81. The Kier molecular flexibility index (Phi) is 6.54. The van der Waals surface area contributed by atoms with Gasteiger partial charge in [-0.05, 0) is 27.9 Å². The summed E-state index contributed by atoms with van der Waals surface area (Å²) in [5.41, 5.74) is 0. The summed E-state index contributed by atoms with van der Waals surface area (Å²) in [4.78, 5) is 13.4. The fourth-order valence-electron chi connectivity index (χ4n) is 1.00. The minimum atomic E-state index is -0.0479. The van der Waals surface area contributed by atoms with E-state index in [9.17, 15) is 4.79 Å². The van der Waals surface area contributed by atoms with Crippen LogP contribution in [-0.4, -0.2) is 50.6 Å². The Morgan fingerprint density at radius 1 is 1.54 bits per heavy atom. The fraction of sp³-hybridized carbons (Fsp3) is 0.889. The Morgan fingerprint density at radius 2 is 2.15 bits per heavy atom. The predicted octanol–water partition coefficient (Wildman–Crippen LogP) is -0.338. The Balaban J connectivity index is 3.79. The molecule has 0 aromatic heterocycles. The van der Waals surface area contributed by atoms with Gasteiger partial charge in [-0.25, -0.2) is 0 Å². The molecule has 0 radical (unpaired) electrons. The normalized spacial score (nSPS) is 13.0. The summed E-state index contributed by atoms with van der Waals surface area (Å²) in [6, 6.07) is -0.0479.